The molecule has 0 unspecified atom stereocenters. The van der Waals surface area contributed by atoms with Crippen LogP contribution in [-0.4, -0.2) is 11.3 Å². The molecule has 2 aliphatic heterocycles. The molecule has 0 spiro atoms. The molecule has 2 nitrogen and oxygen atoms in total. The zero-order chi connectivity index (χ0) is 18.4. The van der Waals surface area contributed by atoms with Crippen molar-refractivity contribution < 1.29 is 4.74 Å². The highest BCUT2D eigenvalue weighted by Crippen LogP contribution is 2.38. The van der Waals surface area contributed by atoms with Crippen LogP contribution in [0.1, 0.15) is 5.56 Å². The van der Waals surface area contributed by atoms with Gasteiger partial charge in [-0.25, -0.2) is 0 Å². The van der Waals surface area contributed by atoms with Crippen molar-refractivity contribution in [3.8, 4) is 17.2 Å². The first kappa shape index (κ1) is 14.6. The summed E-state index contributed by atoms with van der Waals surface area (Å²) in [7, 11) is 0. The minimum absolute atomic E-state index is 0.205. The van der Waals surface area contributed by atoms with Crippen molar-refractivity contribution in [2.75, 3.05) is 0 Å². The predicted octanol–water partition coefficient (Wildman–Crippen LogP) is 4.03. The molecule has 0 saturated heterocycles. The molecule has 4 aromatic carbocycles. The van der Waals surface area contributed by atoms with Crippen LogP contribution in [0.25, 0.3) is 27.5 Å². The van der Waals surface area contributed by atoms with Crippen LogP contribution in [0, 0.1) is 6.92 Å². The van der Waals surface area contributed by atoms with Crippen LogP contribution in [0.3, 0.4) is 0 Å². The summed E-state index contributed by atoms with van der Waals surface area (Å²) in [5.41, 5.74) is 9.02. The Hall–Kier alpha value is -3.46. The van der Waals surface area contributed by atoms with Gasteiger partial charge in [-0.2, -0.15) is 0 Å². The Morgan fingerprint density at radius 1 is 0.750 bits per heavy atom. The maximum atomic E-state index is 6.37. The molecular formula is C25H16BNO. The fraction of sp³-hybridized carbons (Fsp3) is 0.0400. The smallest absolute Gasteiger partial charge is 0.256 e. The Bertz CT molecular complexity index is 1460. The van der Waals surface area contributed by atoms with E-state index in [2.05, 4.69) is 90.4 Å². The fourth-order valence-corrected chi connectivity index (χ4v) is 5.18. The molecule has 0 bridgehead atoms. The number of aryl methyl sites for hydroxylation is 1. The summed E-state index contributed by atoms with van der Waals surface area (Å²) in [4.78, 5) is 0. The van der Waals surface area contributed by atoms with E-state index in [9.17, 15) is 0 Å². The van der Waals surface area contributed by atoms with Gasteiger partial charge in [0.1, 0.15) is 11.5 Å². The normalized spacial score (nSPS) is 13.4. The topological polar surface area (TPSA) is 14.2 Å². The van der Waals surface area contributed by atoms with Gasteiger partial charge in [-0.1, -0.05) is 48.5 Å². The number of para-hydroxylation sites is 2. The molecule has 0 fully saturated rings. The average Bonchev–Trinajstić information content (AvgIpc) is 3.07. The van der Waals surface area contributed by atoms with Gasteiger partial charge in [0.15, 0.2) is 0 Å². The van der Waals surface area contributed by atoms with Crippen molar-refractivity contribution >= 4 is 44.9 Å². The van der Waals surface area contributed by atoms with E-state index in [-0.39, 0.29) is 6.71 Å². The highest BCUT2D eigenvalue weighted by Gasteiger charge is 2.40. The van der Waals surface area contributed by atoms with E-state index in [1.807, 2.05) is 0 Å². The van der Waals surface area contributed by atoms with Gasteiger partial charge < -0.3 is 9.30 Å². The van der Waals surface area contributed by atoms with Gasteiger partial charge in [0.05, 0.1) is 11.0 Å². The van der Waals surface area contributed by atoms with Crippen molar-refractivity contribution in [2.24, 2.45) is 0 Å². The van der Waals surface area contributed by atoms with Gasteiger partial charge in [0, 0.05) is 16.5 Å². The molecule has 7 rings (SSSR count). The second-order valence-corrected chi connectivity index (χ2v) is 7.86. The first-order chi connectivity index (χ1) is 13.8. The molecule has 5 aromatic rings. The van der Waals surface area contributed by atoms with Crippen molar-refractivity contribution in [2.45, 2.75) is 6.92 Å². The van der Waals surface area contributed by atoms with Crippen LogP contribution in [0.2, 0.25) is 0 Å². The lowest BCUT2D eigenvalue weighted by atomic mass is 9.34. The lowest BCUT2D eigenvalue weighted by Gasteiger charge is -2.32. The number of nitrogens with zero attached hydrogens (tertiary/aromatic N) is 1. The lowest BCUT2D eigenvalue weighted by Crippen LogP contribution is -2.58. The standard InChI is InChI=1S/C25H16BNO/c1-15-10-12-18-21(14-15)27-20-8-4-2-6-16(20)17-11-13-23-24(25(17)27)26(18)19-7-3-5-9-22(19)28-23/h2-14H,1H3. The molecule has 0 atom stereocenters. The Morgan fingerprint density at radius 3 is 2.57 bits per heavy atom. The zero-order valence-electron chi connectivity index (χ0n) is 15.4. The molecule has 130 valence electrons. The third-order valence-corrected chi connectivity index (χ3v) is 6.31. The van der Waals surface area contributed by atoms with Crippen LogP contribution >= 0.6 is 0 Å². The van der Waals surface area contributed by atoms with Crippen LogP contribution in [0.5, 0.6) is 11.5 Å². The van der Waals surface area contributed by atoms with Gasteiger partial charge in [-0.3, -0.25) is 0 Å². The average molecular weight is 357 g/mol. The molecular weight excluding hydrogens is 341 g/mol. The second kappa shape index (κ2) is 4.88. The molecule has 1 aromatic heterocycles. The van der Waals surface area contributed by atoms with E-state index in [0.717, 1.165) is 11.5 Å². The molecule has 0 saturated carbocycles. The monoisotopic (exact) mass is 357 g/mol. The summed E-state index contributed by atoms with van der Waals surface area (Å²) in [6.07, 6.45) is 0. The van der Waals surface area contributed by atoms with E-state index in [1.165, 1.54) is 49.4 Å². The Labute approximate surface area is 163 Å². The largest absolute Gasteiger partial charge is 0.458 e. The van der Waals surface area contributed by atoms with Crippen LogP contribution < -0.4 is 21.1 Å². The number of hydrogen-bond donors (Lipinski definition) is 0. The van der Waals surface area contributed by atoms with Crippen molar-refractivity contribution in [1.29, 1.82) is 0 Å². The van der Waals surface area contributed by atoms with Gasteiger partial charge in [-0.05, 0) is 59.2 Å². The van der Waals surface area contributed by atoms with E-state index in [4.69, 9.17) is 4.74 Å². The Morgan fingerprint density at radius 2 is 1.61 bits per heavy atom. The molecule has 0 amide bonds. The summed E-state index contributed by atoms with van der Waals surface area (Å²) in [5.74, 6) is 1.95. The highest BCUT2D eigenvalue weighted by atomic mass is 16.5. The molecule has 0 radical (unpaired) electrons. The minimum atomic E-state index is 0.205. The maximum absolute atomic E-state index is 6.37. The van der Waals surface area contributed by atoms with Crippen molar-refractivity contribution in [3.63, 3.8) is 0 Å². The molecule has 2 aliphatic rings. The summed E-state index contributed by atoms with van der Waals surface area (Å²) >= 11 is 0. The number of ether oxygens (including phenoxy) is 1. The number of rotatable bonds is 0. The van der Waals surface area contributed by atoms with E-state index < -0.39 is 0 Å². The third kappa shape index (κ3) is 1.61. The summed E-state index contributed by atoms with van der Waals surface area (Å²) < 4.78 is 8.81. The van der Waals surface area contributed by atoms with E-state index in [1.54, 1.807) is 0 Å². The van der Waals surface area contributed by atoms with E-state index in [0.29, 0.717) is 0 Å². The fourth-order valence-electron chi connectivity index (χ4n) is 5.18. The third-order valence-electron chi connectivity index (χ3n) is 6.31. The van der Waals surface area contributed by atoms with Gasteiger partial charge in [0.25, 0.3) is 6.71 Å². The van der Waals surface area contributed by atoms with Gasteiger partial charge in [0.2, 0.25) is 0 Å². The second-order valence-electron chi connectivity index (χ2n) is 7.86. The molecule has 3 heteroatoms. The molecule has 0 aliphatic carbocycles. The Kier molecular flexibility index (Phi) is 2.54. The first-order valence-electron chi connectivity index (χ1n) is 9.75. The van der Waals surface area contributed by atoms with Gasteiger partial charge >= 0.3 is 0 Å². The predicted molar refractivity (Wildman–Crippen MR) is 117 cm³/mol. The highest BCUT2D eigenvalue weighted by molar-refractivity contribution is 6.99. The molecule has 0 N–H and O–H groups in total. The minimum Gasteiger partial charge on any atom is -0.458 e. The van der Waals surface area contributed by atoms with Gasteiger partial charge in [-0.15, -0.1) is 0 Å². The van der Waals surface area contributed by atoms with E-state index >= 15 is 0 Å². The summed E-state index contributed by atoms with van der Waals surface area (Å²) in [6.45, 7) is 2.38. The maximum Gasteiger partial charge on any atom is 0.256 e. The first-order valence-corrected chi connectivity index (χ1v) is 9.75. The SMILES string of the molecule is Cc1ccc2c(c1)-n1c3ccccc3c3ccc4c(c31)B2c1ccccc1O4. The van der Waals surface area contributed by atoms with Crippen molar-refractivity contribution in [3.05, 3.63) is 84.4 Å². The lowest BCUT2D eigenvalue weighted by molar-refractivity contribution is 0.488. The molecule has 28 heavy (non-hydrogen) atoms. The number of aromatic nitrogens is 1. The van der Waals surface area contributed by atoms with Crippen LogP contribution in [0.15, 0.2) is 78.9 Å². The zero-order valence-corrected chi connectivity index (χ0v) is 15.4. The quantitative estimate of drug-likeness (QED) is 0.374. The Balaban J connectivity index is 1.77. The number of benzene rings is 4. The summed E-state index contributed by atoms with van der Waals surface area (Å²) in [6, 6.07) is 28.4. The van der Waals surface area contributed by atoms with Crippen LogP contribution in [0.4, 0.5) is 0 Å². The van der Waals surface area contributed by atoms with Crippen molar-refractivity contribution in [1.82, 2.24) is 4.57 Å². The summed E-state index contributed by atoms with van der Waals surface area (Å²) in [5, 5.41) is 2.60. The number of hydrogen-bond acceptors (Lipinski definition) is 1. The number of fused-ring (bicyclic) bond motifs is 8. The van der Waals surface area contributed by atoms with Crippen LogP contribution in [-0.2, 0) is 0 Å². The molecule has 3 heterocycles.